The summed E-state index contributed by atoms with van der Waals surface area (Å²) in [4.78, 5) is 12.5. The topological polar surface area (TPSA) is 40.1 Å². The molecule has 0 amide bonds. The second-order valence-electron chi connectivity index (χ2n) is 9.83. The number of fused-ring (bicyclic) bond motifs is 7. The quantitative estimate of drug-likeness (QED) is 0.245. The Hall–Kier alpha value is -5.09. The van der Waals surface area contributed by atoms with E-state index >= 15 is 0 Å². The molecule has 0 saturated heterocycles. The van der Waals surface area contributed by atoms with Crippen molar-refractivity contribution in [3.63, 3.8) is 0 Å². The third-order valence-corrected chi connectivity index (χ3v) is 7.59. The molecule has 8 aromatic rings. The van der Waals surface area contributed by atoms with Gasteiger partial charge in [-0.25, -0.2) is 0 Å². The summed E-state index contributed by atoms with van der Waals surface area (Å²) in [7, 11) is 0. The van der Waals surface area contributed by atoms with E-state index in [4.69, 9.17) is 4.42 Å². The van der Waals surface area contributed by atoms with Gasteiger partial charge in [-0.1, -0.05) is 54.6 Å². The van der Waals surface area contributed by atoms with E-state index in [1.807, 2.05) is 25.1 Å². The molecule has 0 bridgehead atoms. The molecule has 180 valence electrons. The maximum atomic E-state index is 12.5. The number of rotatable bonds is 2. The first kappa shape index (κ1) is 21.0. The lowest BCUT2D eigenvalue weighted by Crippen LogP contribution is -2.01. The van der Waals surface area contributed by atoms with E-state index in [0.717, 1.165) is 22.4 Å². The van der Waals surface area contributed by atoms with Gasteiger partial charge in [0, 0.05) is 45.1 Å². The lowest BCUT2D eigenvalue weighted by atomic mass is 10.1. The minimum atomic E-state index is -0.0201. The molecule has 0 spiro atoms. The van der Waals surface area contributed by atoms with Crippen molar-refractivity contribution in [2.24, 2.45) is 0 Å². The molecular weight excluding hydrogens is 468 g/mol. The minimum Gasteiger partial charge on any atom is -0.461 e. The molecule has 0 aliphatic heterocycles. The molecule has 4 heteroatoms. The van der Waals surface area contributed by atoms with Gasteiger partial charge in [0.25, 0.3) is 0 Å². The van der Waals surface area contributed by atoms with Crippen molar-refractivity contribution >= 4 is 54.6 Å². The highest BCUT2D eigenvalue weighted by molar-refractivity contribution is 6.12. The highest BCUT2D eigenvalue weighted by Crippen LogP contribution is 2.37. The molecule has 0 aliphatic carbocycles. The molecule has 3 aromatic heterocycles. The molecule has 5 aromatic carbocycles. The summed E-state index contributed by atoms with van der Waals surface area (Å²) < 4.78 is 10.5. The van der Waals surface area contributed by atoms with E-state index in [0.29, 0.717) is 16.7 Å². The molecule has 0 N–H and O–H groups in total. The van der Waals surface area contributed by atoms with Crippen LogP contribution in [0.5, 0.6) is 0 Å². The van der Waals surface area contributed by atoms with E-state index in [1.165, 1.54) is 32.6 Å². The van der Waals surface area contributed by atoms with Crippen molar-refractivity contribution in [3.8, 4) is 11.4 Å². The Balaban J connectivity index is 1.43. The van der Waals surface area contributed by atoms with E-state index in [-0.39, 0.29) is 5.43 Å². The molecule has 3 heterocycles. The fourth-order valence-electron chi connectivity index (χ4n) is 5.98. The molecule has 0 radical (unpaired) electrons. The predicted molar refractivity (Wildman–Crippen MR) is 156 cm³/mol. The summed E-state index contributed by atoms with van der Waals surface area (Å²) in [6.45, 7) is 1.81. The zero-order valence-electron chi connectivity index (χ0n) is 20.7. The second kappa shape index (κ2) is 7.70. The average Bonchev–Trinajstić information content (AvgIpc) is 3.45. The molecule has 8 rings (SSSR count). The summed E-state index contributed by atoms with van der Waals surface area (Å²) in [5.74, 6) is 0.609. The lowest BCUT2D eigenvalue weighted by Gasteiger charge is -2.11. The van der Waals surface area contributed by atoms with Crippen LogP contribution in [0.3, 0.4) is 0 Å². The zero-order valence-corrected chi connectivity index (χ0v) is 20.7. The number of aromatic nitrogens is 2. The van der Waals surface area contributed by atoms with Crippen molar-refractivity contribution < 1.29 is 4.42 Å². The Labute approximate surface area is 217 Å². The molecule has 0 unspecified atom stereocenters. The standard InChI is InChI=1S/C34H22N2O2/c1-21-18-33(37)27-16-14-23(20-34(27)38-21)36-31-13-7-4-10-26(31)28-19-22(15-17-32(28)36)35-29-11-5-2-8-24(29)25-9-3-6-12-30(25)35/h2-20H,1H3. The van der Waals surface area contributed by atoms with Crippen LogP contribution in [0.2, 0.25) is 0 Å². The third-order valence-electron chi connectivity index (χ3n) is 7.59. The number of nitrogens with zero attached hydrogens (tertiary/aromatic N) is 2. The molecule has 0 atom stereocenters. The SMILES string of the molecule is Cc1cc(=O)c2ccc(-n3c4ccccc4c4cc(-n5c6ccccc6c6ccccc65)ccc43)cc2o1. The van der Waals surface area contributed by atoms with Crippen LogP contribution in [0, 0.1) is 6.92 Å². The van der Waals surface area contributed by atoms with Crippen molar-refractivity contribution in [1.82, 2.24) is 9.13 Å². The Morgan fingerprint density at radius 2 is 1.00 bits per heavy atom. The maximum Gasteiger partial charge on any atom is 0.192 e. The summed E-state index contributed by atoms with van der Waals surface area (Å²) >= 11 is 0. The van der Waals surface area contributed by atoms with Crippen LogP contribution in [-0.2, 0) is 0 Å². The Bertz CT molecular complexity index is 2230. The van der Waals surface area contributed by atoms with Crippen LogP contribution >= 0.6 is 0 Å². The molecule has 0 saturated carbocycles. The van der Waals surface area contributed by atoms with E-state index in [9.17, 15) is 4.79 Å². The van der Waals surface area contributed by atoms with Crippen LogP contribution in [0.1, 0.15) is 5.76 Å². The number of hydrogen-bond acceptors (Lipinski definition) is 2. The molecule has 0 aliphatic rings. The van der Waals surface area contributed by atoms with Gasteiger partial charge in [-0.05, 0) is 55.5 Å². The van der Waals surface area contributed by atoms with Gasteiger partial charge in [0.1, 0.15) is 11.3 Å². The Morgan fingerprint density at radius 3 is 1.63 bits per heavy atom. The smallest absolute Gasteiger partial charge is 0.192 e. The number of para-hydroxylation sites is 3. The first-order chi connectivity index (χ1) is 18.7. The lowest BCUT2D eigenvalue weighted by molar-refractivity contribution is 0.564. The molecular formula is C34H22N2O2. The summed E-state index contributed by atoms with van der Waals surface area (Å²) in [6.07, 6.45) is 0. The number of aryl methyl sites for hydroxylation is 1. The Kier molecular flexibility index (Phi) is 4.27. The monoisotopic (exact) mass is 490 g/mol. The van der Waals surface area contributed by atoms with Crippen LogP contribution in [0.25, 0.3) is 66.0 Å². The van der Waals surface area contributed by atoms with Crippen molar-refractivity contribution in [2.75, 3.05) is 0 Å². The largest absolute Gasteiger partial charge is 0.461 e. The van der Waals surface area contributed by atoms with Gasteiger partial charge in [0.15, 0.2) is 5.43 Å². The average molecular weight is 491 g/mol. The predicted octanol–water partition coefficient (Wildman–Crippen LogP) is 8.30. The molecule has 0 fully saturated rings. The van der Waals surface area contributed by atoms with E-state index in [1.54, 1.807) is 6.07 Å². The van der Waals surface area contributed by atoms with Crippen LogP contribution in [-0.4, -0.2) is 9.13 Å². The minimum absolute atomic E-state index is 0.0201. The summed E-state index contributed by atoms with van der Waals surface area (Å²) in [5.41, 5.74) is 7.25. The van der Waals surface area contributed by atoms with E-state index < -0.39 is 0 Å². The van der Waals surface area contributed by atoms with Crippen molar-refractivity contribution in [2.45, 2.75) is 6.92 Å². The van der Waals surface area contributed by atoms with Gasteiger partial charge in [0.05, 0.1) is 27.5 Å². The van der Waals surface area contributed by atoms with Gasteiger partial charge in [-0.3, -0.25) is 4.79 Å². The fourth-order valence-corrected chi connectivity index (χ4v) is 5.98. The normalized spacial score (nSPS) is 11.9. The van der Waals surface area contributed by atoms with Gasteiger partial charge in [-0.15, -0.1) is 0 Å². The first-order valence-corrected chi connectivity index (χ1v) is 12.7. The van der Waals surface area contributed by atoms with Gasteiger partial charge < -0.3 is 13.6 Å². The van der Waals surface area contributed by atoms with Crippen molar-refractivity contribution in [3.05, 3.63) is 131 Å². The van der Waals surface area contributed by atoms with Crippen LogP contribution in [0.15, 0.2) is 124 Å². The first-order valence-electron chi connectivity index (χ1n) is 12.7. The molecule has 38 heavy (non-hydrogen) atoms. The van der Waals surface area contributed by atoms with Gasteiger partial charge in [-0.2, -0.15) is 0 Å². The fraction of sp³-hybridized carbons (Fsp3) is 0.0294. The highest BCUT2D eigenvalue weighted by atomic mass is 16.3. The van der Waals surface area contributed by atoms with Gasteiger partial charge in [0.2, 0.25) is 0 Å². The molecule has 4 nitrogen and oxygen atoms in total. The maximum absolute atomic E-state index is 12.5. The van der Waals surface area contributed by atoms with Gasteiger partial charge >= 0.3 is 0 Å². The summed E-state index contributed by atoms with van der Waals surface area (Å²) in [6, 6.07) is 39.7. The van der Waals surface area contributed by atoms with Crippen molar-refractivity contribution in [1.29, 1.82) is 0 Å². The van der Waals surface area contributed by atoms with E-state index in [2.05, 4.69) is 100 Å². The second-order valence-corrected chi connectivity index (χ2v) is 9.83. The number of benzene rings is 5. The zero-order chi connectivity index (χ0) is 25.4. The van der Waals surface area contributed by atoms with Crippen LogP contribution < -0.4 is 5.43 Å². The highest BCUT2D eigenvalue weighted by Gasteiger charge is 2.16. The number of hydrogen-bond donors (Lipinski definition) is 0. The third kappa shape index (κ3) is 2.88. The Morgan fingerprint density at radius 1 is 0.500 bits per heavy atom. The van der Waals surface area contributed by atoms with Crippen LogP contribution in [0.4, 0.5) is 0 Å². The summed E-state index contributed by atoms with van der Waals surface area (Å²) in [5, 5.41) is 5.44.